The minimum absolute atomic E-state index is 0.133. The van der Waals surface area contributed by atoms with Crippen LogP contribution in [0.4, 0.5) is 5.69 Å². The van der Waals surface area contributed by atoms with Crippen LogP contribution in [-0.4, -0.2) is 50.5 Å². The highest BCUT2D eigenvalue weighted by Gasteiger charge is 2.34. The summed E-state index contributed by atoms with van der Waals surface area (Å²) in [6.45, 7) is 2.73. The van der Waals surface area contributed by atoms with Crippen LogP contribution in [0.2, 0.25) is 0 Å². The fourth-order valence-corrected chi connectivity index (χ4v) is 4.39. The van der Waals surface area contributed by atoms with Crippen molar-refractivity contribution in [2.45, 2.75) is 37.0 Å². The molecule has 1 aromatic carbocycles. The summed E-state index contributed by atoms with van der Waals surface area (Å²) in [5, 5.41) is 6.14. The first-order chi connectivity index (χ1) is 13.7. The number of hydrogen-bond donors (Lipinski definition) is 2. The van der Waals surface area contributed by atoms with E-state index in [9.17, 15) is 18.0 Å². The van der Waals surface area contributed by atoms with Gasteiger partial charge in [-0.1, -0.05) is 0 Å². The van der Waals surface area contributed by atoms with E-state index >= 15 is 0 Å². The Balaban J connectivity index is 2.06. The fourth-order valence-electron chi connectivity index (χ4n) is 3.48. The smallest absolute Gasteiger partial charge is 0.277 e. The SMILES string of the molecule is COCCCNc1c(S(C)(=O)=O)ccc(C(=O)c2c(C3CC3)[nH]n(C)c2=O)c1C. The van der Waals surface area contributed by atoms with Crippen molar-refractivity contribution in [2.75, 3.05) is 31.8 Å². The first-order valence-electron chi connectivity index (χ1n) is 9.56. The van der Waals surface area contributed by atoms with E-state index in [1.165, 1.54) is 16.8 Å². The van der Waals surface area contributed by atoms with Crippen LogP contribution in [0.5, 0.6) is 0 Å². The highest BCUT2D eigenvalue weighted by atomic mass is 32.2. The van der Waals surface area contributed by atoms with Crippen LogP contribution >= 0.6 is 0 Å². The normalized spacial score (nSPS) is 14.2. The molecule has 0 spiro atoms. The number of nitrogens with zero attached hydrogens (tertiary/aromatic N) is 1. The maximum Gasteiger partial charge on any atom is 0.277 e. The summed E-state index contributed by atoms with van der Waals surface area (Å²) >= 11 is 0. The topological polar surface area (TPSA) is 110 Å². The number of benzene rings is 1. The summed E-state index contributed by atoms with van der Waals surface area (Å²) in [5.41, 5.74) is 1.69. The lowest BCUT2D eigenvalue weighted by atomic mass is 9.97. The van der Waals surface area contributed by atoms with Crippen LogP contribution in [0.15, 0.2) is 21.8 Å². The number of aryl methyl sites for hydroxylation is 1. The fraction of sp³-hybridized carbons (Fsp3) is 0.500. The molecule has 29 heavy (non-hydrogen) atoms. The van der Waals surface area contributed by atoms with Gasteiger partial charge in [-0.05, 0) is 43.9 Å². The molecule has 1 aliphatic rings. The number of H-pyrrole nitrogens is 1. The van der Waals surface area contributed by atoms with Crippen LogP contribution in [0.25, 0.3) is 0 Å². The highest BCUT2D eigenvalue weighted by Crippen LogP contribution is 2.40. The number of aromatic nitrogens is 2. The highest BCUT2D eigenvalue weighted by molar-refractivity contribution is 7.90. The molecule has 1 heterocycles. The monoisotopic (exact) mass is 421 g/mol. The zero-order chi connectivity index (χ0) is 21.3. The molecule has 158 valence electrons. The summed E-state index contributed by atoms with van der Waals surface area (Å²) in [4.78, 5) is 26.0. The van der Waals surface area contributed by atoms with E-state index in [4.69, 9.17) is 4.74 Å². The third-order valence-corrected chi connectivity index (χ3v) is 6.33. The van der Waals surface area contributed by atoms with Crippen molar-refractivity contribution in [1.82, 2.24) is 9.78 Å². The Hall–Kier alpha value is -2.39. The number of ether oxygens (including phenoxy) is 1. The summed E-state index contributed by atoms with van der Waals surface area (Å²) in [6.07, 6.45) is 3.70. The Kier molecular flexibility index (Phi) is 6.00. The second-order valence-electron chi connectivity index (χ2n) is 7.52. The van der Waals surface area contributed by atoms with Crippen molar-refractivity contribution in [1.29, 1.82) is 0 Å². The zero-order valence-electron chi connectivity index (χ0n) is 17.2. The Morgan fingerprint density at radius 3 is 2.62 bits per heavy atom. The van der Waals surface area contributed by atoms with Crippen molar-refractivity contribution in [3.63, 3.8) is 0 Å². The molecule has 0 radical (unpaired) electrons. The van der Waals surface area contributed by atoms with Crippen molar-refractivity contribution in [3.05, 3.63) is 44.9 Å². The van der Waals surface area contributed by atoms with E-state index in [0.717, 1.165) is 19.1 Å². The standard InChI is InChI=1S/C20H27N3O5S/c1-12-14(19(24)16-18(13-6-7-13)22-23(2)20(16)25)8-9-15(29(4,26)27)17(12)21-10-5-11-28-3/h8-9,13,21-22H,5-7,10-11H2,1-4H3. The lowest BCUT2D eigenvalue weighted by Gasteiger charge is -2.16. The van der Waals surface area contributed by atoms with Crippen LogP contribution in [-0.2, 0) is 21.6 Å². The number of sulfone groups is 1. The Morgan fingerprint density at radius 2 is 2.03 bits per heavy atom. The van der Waals surface area contributed by atoms with Crippen LogP contribution in [0.1, 0.15) is 52.4 Å². The number of methoxy groups -OCH3 is 1. The van der Waals surface area contributed by atoms with Gasteiger partial charge in [0, 0.05) is 45.0 Å². The van der Waals surface area contributed by atoms with Gasteiger partial charge in [0.25, 0.3) is 5.56 Å². The maximum atomic E-state index is 13.3. The lowest BCUT2D eigenvalue weighted by molar-refractivity contribution is 0.103. The second kappa shape index (κ2) is 8.16. The summed E-state index contributed by atoms with van der Waals surface area (Å²) < 4.78 is 30.9. The average molecular weight is 422 g/mol. The lowest BCUT2D eigenvalue weighted by Crippen LogP contribution is -2.21. The van der Waals surface area contributed by atoms with Gasteiger partial charge in [0.2, 0.25) is 5.78 Å². The van der Waals surface area contributed by atoms with E-state index in [1.807, 2.05) is 0 Å². The number of rotatable bonds is 9. The molecule has 0 unspecified atom stereocenters. The molecule has 2 N–H and O–H groups in total. The molecule has 9 heteroatoms. The largest absolute Gasteiger partial charge is 0.385 e. The van der Waals surface area contributed by atoms with E-state index in [2.05, 4.69) is 10.4 Å². The van der Waals surface area contributed by atoms with Gasteiger partial charge in [0.1, 0.15) is 5.56 Å². The molecule has 1 aliphatic carbocycles. The van der Waals surface area contributed by atoms with Gasteiger partial charge in [-0.2, -0.15) is 0 Å². The first kappa shape index (κ1) is 21.3. The van der Waals surface area contributed by atoms with E-state index in [1.54, 1.807) is 21.1 Å². The number of aromatic amines is 1. The molecule has 0 bridgehead atoms. The number of carbonyl (C=O) groups is 1. The van der Waals surface area contributed by atoms with Crippen LogP contribution < -0.4 is 10.9 Å². The molecular weight excluding hydrogens is 394 g/mol. The summed E-state index contributed by atoms with van der Waals surface area (Å²) in [5.74, 6) is -0.184. The van der Waals surface area contributed by atoms with Crippen LogP contribution in [0.3, 0.4) is 0 Å². The molecule has 8 nitrogen and oxygen atoms in total. The van der Waals surface area contributed by atoms with Crippen molar-refractivity contribution in [2.24, 2.45) is 7.05 Å². The molecule has 0 amide bonds. The minimum Gasteiger partial charge on any atom is -0.385 e. The zero-order valence-corrected chi connectivity index (χ0v) is 18.0. The molecule has 3 rings (SSSR count). The number of ketones is 1. The molecule has 0 aliphatic heterocycles. The number of anilines is 1. The van der Waals surface area contributed by atoms with Gasteiger partial charge >= 0.3 is 0 Å². The summed E-state index contributed by atoms with van der Waals surface area (Å²) in [6, 6.07) is 2.93. The van der Waals surface area contributed by atoms with E-state index in [0.29, 0.717) is 42.1 Å². The predicted octanol–water partition coefficient (Wildman–Crippen LogP) is 1.98. The van der Waals surface area contributed by atoms with Crippen molar-refractivity contribution in [3.8, 4) is 0 Å². The molecule has 0 atom stereocenters. The van der Waals surface area contributed by atoms with Gasteiger partial charge < -0.3 is 10.1 Å². The van der Waals surface area contributed by atoms with Crippen molar-refractivity contribution >= 4 is 21.3 Å². The average Bonchev–Trinajstić information content (AvgIpc) is 3.45. The van der Waals surface area contributed by atoms with E-state index < -0.39 is 9.84 Å². The van der Waals surface area contributed by atoms with Gasteiger partial charge in [-0.25, -0.2) is 8.42 Å². The second-order valence-corrected chi connectivity index (χ2v) is 9.51. The third kappa shape index (κ3) is 4.30. The predicted molar refractivity (Wildman–Crippen MR) is 111 cm³/mol. The van der Waals surface area contributed by atoms with Gasteiger partial charge in [0.05, 0.1) is 16.3 Å². The minimum atomic E-state index is -3.50. The molecule has 1 fully saturated rings. The number of carbonyl (C=O) groups excluding carboxylic acids is 1. The molecule has 0 saturated heterocycles. The van der Waals surface area contributed by atoms with Gasteiger partial charge in [-0.3, -0.25) is 19.4 Å². The van der Waals surface area contributed by atoms with Gasteiger partial charge in [-0.15, -0.1) is 0 Å². The number of nitrogens with one attached hydrogen (secondary N) is 2. The van der Waals surface area contributed by atoms with Gasteiger partial charge in [0.15, 0.2) is 9.84 Å². The molecule has 1 aromatic heterocycles. The molecule has 2 aromatic rings. The maximum absolute atomic E-state index is 13.3. The Labute approximate surface area is 170 Å². The number of hydrogen-bond acceptors (Lipinski definition) is 6. The first-order valence-corrected chi connectivity index (χ1v) is 11.5. The van der Waals surface area contributed by atoms with Crippen LogP contribution in [0, 0.1) is 6.92 Å². The quantitative estimate of drug-likeness (QED) is 0.473. The molecular formula is C20H27N3O5S. The molecule has 1 saturated carbocycles. The Morgan fingerprint density at radius 1 is 1.34 bits per heavy atom. The third-order valence-electron chi connectivity index (χ3n) is 5.19. The van der Waals surface area contributed by atoms with Crippen molar-refractivity contribution < 1.29 is 17.9 Å². The summed E-state index contributed by atoms with van der Waals surface area (Å²) in [7, 11) is -0.309. The van der Waals surface area contributed by atoms with E-state index in [-0.39, 0.29) is 27.7 Å². The Bertz CT molecular complexity index is 1090.